The zero-order valence-corrected chi connectivity index (χ0v) is 8.65. The van der Waals surface area contributed by atoms with Gasteiger partial charge in [0.25, 0.3) is 0 Å². The molecule has 0 radical (unpaired) electrons. The molecule has 0 amide bonds. The molecule has 2 rings (SSSR count). The summed E-state index contributed by atoms with van der Waals surface area (Å²) >= 11 is 0. The van der Waals surface area contributed by atoms with E-state index in [1.54, 1.807) is 0 Å². The third kappa shape index (κ3) is 2.18. The average Bonchev–Trinajstić information content (AvgIpc) is 2.30. The summed E-state index contributed by atoms with van der Waals surface area (Å²) in [5.74, 6) is 0.954. The van der Waals surface area contributed by atoms with Crippen LogP contribution in [0.1, 0.15) is 6.42 Å². The van der Waals surface area contributed by atoms with Gasteiger partial charge < -0.3 is 4.74 Å². The standard InChI is InChI=1S/C14H14O/c1-2-3-11-15-14-10-6-8-12-7-4-5-9-13(12)14/h2,4-10H,1,3,11H2. The fourth-order valence-electron chi connectivity index (χ4n) is 1.57. The fraction of sp³-hybridized carbons (Fsp3) is 0.143. The first-order valence-electron chi connectivity index (χ1n) is 5.13. The Balaban J connectivity index is 2.30. The van der Waals surface area contributed by atoms with E-state index in [4.69, 9.17) is 4.74 Å². The second-order valence-corrected chi connectivity index (χ2v) is 3.40. The van der Waals surface area contributed by atoms with Gasteiger partial charge in [-0.2, -0.15) is 0 Å². The Morgan fingerprint density at radius 1 is 1.07 bits per heavy atom. The zero-order chi connectivity index (χ0) is 10.5. The van der Waals surface area contributed by atoms with Crippen LogP contribution in [-0.2, 0) is 0 Å². The second-order valence-electron chi connectivity index (χ2n) is 3.40. The normalized spacial score (nSPS) is 10.1. The van der Waals surface area contributed by atoms with Crippen molar-refractivity contribution < 1.29 is 4.74 Å². The molecule has 0 N–H and O–H groups in total. The highest BCUT2D eigenvalue weighted by Crippen LogP contribution is 2.25. The molecular weight excluding hydrogens is 184 g/mol. The van der Waals surface area contributed by atoms with Crippen LogP contribution in [0, 0.1) is 0 Å². The highest BCUT2D eigenvalue weighted by Gasteiger charge is 1.99. The third-order valence-electron chi connectivity index (χ3n) is 2.33. The van der Waals surface area contributed by atoms with Crippen molar-refractivity contribution in [3.05, 3.63) is 55.1 Å². The van der Waals surface area contributed by atoms with Gasteiger partial charge in [0.05, 0.1) is 6.61 Å². The Kier molecular flexibility index (Phi) is 3.03. The lowest BCUT2D eigenvalue weighted by molar-refractivity contribution is 0.329. The molecule has 0 unspecified atom stereocenters. The Bertz CT molecular complexity index is 454. The summed E-state index contributed by atoms with van der Waals surface area (Å²) in [5.41, 5.74) is 0. The number of benzene rings is 2. The van der Waals surface area contributed by atoms with Crippen molar-refractivity contribution in [2.75, 3.05) is 6.61 Å². The molecule has 0 aliphatic heterocycles. The minimum absolute atomic E-state index is 0.692. The van der Waals surface area contributed by atoms with Crippen LogP contribution in [-0.4, -0.2) is 6.61 Å². The summed E-state index contributed by atoms with van der Waals surface area (Å²) in [5, 5.41) is 2.39. The molecule has 0 heterocycles. The number of hydrogen-bond donors (Lipinski definition) is 0. The van der Waals surface area contributed by atoms with E-state index in [0.29, 0.717) is 6.61 Å². The quantitative estimate of drug-likeness (QED) is 0.536. The van der Waals surface area contributed by atoms with Gasteiger partial charge in [-0.15, -0.1) is 6.58 Å². The minimum atomic E-state index is 0.692. The van der Waals surface area contributed by atoms with Crippen LogP contribution in [0.5, 0.6) is 5.75 Å². The molecule has 1 nitrogen and oxygen atoms in total. The molecule has 0 fully saturated rings. The molecule has 76 valence electrons. The Morgan fingerprint density at radius 2 is 1.87 bits per heavy atom. The molecule has 2 aromatic rings. The summed E-state index contributed by atoms with van der Waals surface area (Å²) in [4.78, 5) is 0. The van der Waals surface area contributed by atoms with Crippen molar-refractivity contribution in [2.24, 2.45) is 0 Å². The van der Waals surface area contributed by atoms with E-state index in [2.05, 4.69) is 24.8 Å². The predicted molar refractivity (Wildman–Crippen MR) is 64.3 cm³/mol. The van der Waals surface area contributed by atoms with Gasteiger partial charge in [-0.1, -0.05) is 42.5 Å². The third-order valence-corrected chi connectivity index (χ3v) is 2.33. The summed E-state index contributed by atoms with van der Waals surface area (Å²) in [6.45, 7) is 4.37. The van der Waals surface area contributed by atoms with Gasteiger partial charge in [-0.3, -0.25) is 0 Å². The van der Waals surface area contributed by atoms with E-state index in [0.717, 1.165) is 12.2 Å². The molecular formula is C14H14O. The van der Waals surface area contributed by atoms with Gasteiger partial charge in [-0.25, -0.2) is 0 Å². The van der Waals surface area contributed by atoms with Gasteiger partial charge in [0, 0.05) is 5.39 Å². The van der Waals surface area contributed by atoms with Gasteiger partial charge in [0.15, 0.2) is 0 Å². The lowest BCUT2D eigenvalue weighted by atomic mass is 10.1. The first-order chi connectivity index (χ1) is 7.42. The summed E-state index contributed by atoms with van der Waals surface area (Å²) < 4.78 is 5.69. The van der Waals surface area contributed by atoms with Crippen LogP contribution >= 0.6 is 0 Å². The largest absolute Gasteiger partial charge is 0.493 e. The van der Waals surface area contributed by atoms with Gasteiger partial charge in [0.2, 0.25) is 0 Å². The number of fused-ring (bicyclic) bond motifs is 1. The van der Waals surface area contributed by atoms with E-state index in [1.807, 2.05) is 30.3 Å². The van der Waals surface area contributed by atoms with Gasteiger partial charge in [-0.05, 0) is 17.9 Å². The molecule has 0 aromatic heterocycles. The highest BCUT2D eigenvalue weighted by atomic mass is 16.5. The fourth-order valence-corrected chi connectivity index (χ4v) is 1.57. The monoisotopic (exact) mass is 198 g/mol. The number of hydrogen-bond acceptors (Lipinski definition) is 1. The first-order valence-corrected chi connectivity index (χ1v) is 5.13. The van der Waals surface area contributed by atoms with E-state index >= 15 is 0 Å². The van der Waals surface area contributed by atoms with Crippen molar-refractivity contribution >= 4 is 10.8 Å². The highest BCUT2D eigenvalue weighted by molar-refractivity contribution is 5.88. The van der Waals surface area contributed by atoms with Crippen molar-refractivity contribution in [2.45, 2.75) is 6.42 Å². The molecule has 0 spiro atoms. The van der Waals surface area contributed by atoms with Crippen molar-refractivity contribution in [3.8, 4) is 5.75 Å². The molecule has 0 bridgehead atoms. The number of rotatable bonds is 4. The second kappa shape index (κ2) is 4.65. The molecule has 0 saturated heterocycles. The van der Waals surface area contributed by atoms with Crippen LogP contribution in [0.3, 0.4) is 0 Å². The predicted octanol–water partition coefficient (Wildman–Crippen LogP) is 3.79. The Hall–Kier alpha value is -1.76. The maximum Gasteiger partial charge on any atom is 0.127 e. The molecule has 0 aliphatic rings. The van der Waals surface area contributed by atoms with E-state index in [-0.39, 0.29) is 0 Å². The molecule has 2 aromatic carbocycles. The van der Waals surface area contributed by atoms with Crippen molar-refractivity contribution in [1.82, 2.24) is 0 Å². The van der Waals surface area contributed by atoms with E-state index in [1.165, 1.54) is 10.8 Å². The van der Waals surface area contributed by atoms with E-state index in [9.17, 15) is 0 Å². The molecule has 1 heteroatoms. The lowest BCUT2D eigenvalue weighted by Gasteiger charge is -2.07. The SMILES string of the molecule is C=CCCOc1cccc2ccccc12. The molecule has 0 saturated carbocycles. The van der Waals surface area contributed by atoms with Crippen LogP contribution in [0.15, 0.2) is 55.1 Å². The van der Waals surface area contributed by atoms with Crippen LogP contribution in [0.25, 0.3) is 10.8 Å². The Morgan fingerprint density at radius 3 is 2.73 bits per heavy atom. The molecule has 0 atom stereocenters. The molecule has 0 aliphatic carbocycles. The average molecular weight is 198 g/mol. The summed E-state index contributed by atoms with van der Waals surface area (Å²) in [6, 6.07) is 14.4. The maximum atomic E-state index is 5.69. The summed E-state index contributed by atoms with van der Waals surface area (Å²) in [7, 11) is 0. The zero-order valence-electron chi connectivity index (χ0n) is 8.65. The summed E-state index contributed by atoms with van der Waals surface area (Å²) in [6.07, 6.45) is 2.74. The number of ether oxygens (including phenoxy) is 1. The maximum absolute atomic E-state index is 5.69. The van der Waals surface area contributed by atoms with Gasteiger partial charge in [0.1, 0.15) is 5.75 Å². The Labute approximate surface area is 90.0 Å². The molecule has 15 heavy (non-hydrogen) atoms. The van der Waals surface area contributed by atoms with Crippen molar-refractivity contribution in [1.29, 1.82) is 0 Å². The van der Waals surface area contributed by atoms with Gasteiger partial charge >= 0.3 is 0 Å². The van der Waals surface area contributed by atoms with Crippen LogP contribution in [0.2, 0.25) is 0 Å². The lowest BCUT2D eigenvalue weighted by Crippen LogP contribution is -1.95. The van der Waals surface area contributed by atoms with Crippen LogP contribution in [0.4, 0.5) is 0 Å². The van der Waals surface area contributed by atoms with Crippen LogP contribution < -0.4 is 4.74 Å². The first kappa shape index (κ1) is 9.78. The smallest absolute Gasteiger partial charge is 0.127 e. The topological polar surface area (TPSA) is 9.23 Å². The van der Waals surface area contributed by atoms with E-state index < -0.39 is 0 Å². The van der Waals surface area contributed by atoms with Crippen molar-refractivity contribution in [3.63, 3.8) is 0 Å². The minimum Gasteiger partial charge on any atom is -0.493 e.